The zero-order valence-electron chi connectivity index (χ0n) is 9.89. The summed E-state index contributed by atoms with van der Waals surface area (Å²) in [5, 5.41) is 3.96. The van der Waals surface area contributed by atoms with Gasteiger partial charge in [0, 0.05) is 18.1 Å². The third-order valence-corrected chi connectivity index (χ3v) is 3.17. The lowest BCUT2D eigenvalue weighted by atomic mass is 10.0. The topological polar surface area (TPSA) is 61.2 Å². The van der Waals surface area contributed by atoms with Crippen molar-refractivity contribution in [2.75, 3.05) is 7.11 Å². The van der Waals surface area contributed by atoms with Crippen LogP contribution in [0.1, 0.15) is 25.7 Å². The Bertz CT molecular complexity index is 461. The van der Waals surface area contributed by atoms with Crippen LogP contribution < -0.4 is 10.3 Å². The Hall–Kier alpha value is -1.65. The van der Waals surface area contributed by atoms with E-state index >= 15 is 0 Å². The lowest BCUT2D eigenvalue weighted by Gasteiger charge is -2.09. The van der Waals surface area contributed by atoms with Gasteiger partial charge in [0.2, 0.25) is 5.88 Å². The Labute approximate surface area is 99.4 Å². The number of methoxy groups -OCH3 is 1. The molecule has 1 aromatic rings. The minimum Gasteiger partial charge on any atom is -0.480 e. The number of aromatic nitrogens is 2. The fraction of sp³-hybridized carbons (Fsp3) is 0.583. The number of Topliss-reactive ketones (excluding diaryl/α,β-unsaturated/α-hetero) is 1. The largest absolute Gasteiger partial charge is 0.480 e. The van der Waals surface area contributed by atoms with E-state index < -0.39 is 0 Å². The van der Waals surface area contributed by atoms with Crippen LogP contribution >= 0.6 is 0 Å². The summed E-state index contributed by atoms with van der Waals surface area (Å²) in [6.07, 6.45) is 4.10. The molecule has 5 heteroatoms. The number of carbonyl (C=O) groups excluding carboxylic acids is 1. The van der Waals surface area contributed by atoms with Crippen LogP contribution in [0.15, 0.2) is 16.9 Å². The second-order valence-corrected chi connectivity index (χ2v) is 4.32. The fourth-order valence-electron chi connectivity index (χ4n) is 2.18. The highest BCUT2D eigenvalue weighted by atomic mass is 16.5. The molecule has 0 atom stereocenters. The molecular formula is C12H16N2O3. The van der Waals surface area contributed by atoms with Gasteiger partial charge in [-0.05, 0) is 12.8 Å². The molecule has 5 nitrogen and oxygen atoms in total. The molecule has 1 aliphatic carbocycles. The molecule has 1 heterocycles. The van der Waals surface area contributed by atoms with Crippen molar-refractivity contribution < 1.29 is 9.53 Å². The van der Waals surface area contributed by atoms with Crippen molar-refractivity contribution in [2.24, 2.45) is 5.92 Å². The molecule has 0 bridgehead atoms. The maximum Gasteiger partial charge on any atom is 0.267 e. The average molecular weight is 236 g/mol. The highest BCUT2D eigenvalue weighted by Crippen LogP contribution is 2.25. The smallest absolute Gasteiger partial charge is 0.267 e. The summed E-state index contributed by atoms with van der Waals surface area (Å²) in [5.41, 5.74) is -0.267. The highest BCUT2D eigenvalue weighted by molar-refractivity contribution is 5.80. The Morgan fingerprint density at radius 3 is 2.82 bits per heavy atom. The molecule has 0 spiro atoms. The fourth-order valence-corrected chi connectivity index (χ4v) is 2.18. The minimum absolute atomic E-state index is 0.0562. The van der Waals surface area contributed by atoms with Gasteiger partial charge in [0.1, 0.15) is 6.54 Å². The lowest BCUT2D eigenvalue weighted by Crippen LogP contribution is -2.28. The molecule has 1 saturated carbocycles. The first-order valence-electron chi connectivity index (χ1n) is 5.85. The van der Waals surface area contributed by atoms with Crippen molar-refractivity contribution in [3.05, 3.63) is 22.5 Å². The molecule has 2 rings (SSSR count). The number of carbonyl (C=O) groups is 1. The van der Waals surface area contributed by atoms with Gasteiger partial charge in [-0.15, -0.1) is 5.10 Å². The van der Waals surface area contributed by atoms with Gasteiger partial charge < -0.3 is 4.74 Å². The van der Waals surface area contributed by atoms with E-state index in [2.05, 4.69) is 5.10 Å². The predicted molar refractivity (Wildman–Crippen MR) is 62.0 cm³/mol. The monoisotopic (exact) mass is 236 g/mol. The summed E-state index contributed by atoms with van der Waals surface area (Å²) in [6.45, 7) is 0.0562. The number of ether oxygens (including phenoxy) is 1. The van der Waals surface area contributed by atoms with E-state index in [1.54, 1.807) is 0 Å². The van der Waals surface area contributed by atoms with Crippen molar-refractivity contribution >= 4 is 5.78 Å². The van der Waals surface area contributed by atoms with Crippen molar-refractivity contribution in [3.8, 4) is 5.88 Å². The molecule has 17 heavy (non-hydrogen) atoms. The Kier molecular flexibility index (Phi) is 3.56. The second kappa shape index (κ2) is 5.12. The molecule has 0 unspecified atom stereocenters. The standard InChI is InChI=1S/C12H16N2O3/c1-17-11-6-7-12(16)14(13-11)8-10(15)9-4-2-3-5-9/h6-7,9H,2-5,8H2,1H3. The van der Waals surface area contributed by atoms with Crippen LogP contribution in [0.2, 0.25) is 0 Å². The maximum atomic E-state index is 11.9. The van der Waals surface area contributed by atoms with Gasteiger partial charge in [0.15, 0.2) is 5.78 Å². The van der Waals surface area contributed by atoms with Gasteiger partial charge in [0.25, 0.3) is 5.56 Å². The van der Waals surface area contributed by atoms with Gasteiger partial charge in [-0.1, -0.05) is 12.8 Å². The van der Waals surface area contributed by atoms with Crippen molar-refractivity contribution in [1.29, 1.82) is 0 Å². The summed E-state index contributed by atoms with van der Waals surface area (Å²) in [6, 6.07) is 2.87. The zero-order chi connectivity index (χ0) is 12.3. The SMILES string of the molecule is COc1ccc(=O)n(CC(=O)C2CCCC2)n1. The number of hydrogen-bond donors (Lipinski definition) is 0. The quantitative estimate of drug-likeness (QED) is 0.782. The second-order valence-electron chi connectivity index (χ2n) is 4.32. The molecule has 1 fully saturated rings. The predicted octanol–water partition coefficient (Wildman–Crippen LogP) is 1.01. The molecule has 0 saturated heterocycles. The molecule has 0 radical (unpaired) electrons. The van der Waals surface area contributed by atoms with Crippen molar-refractivity contribution in [1.82, 2.24) is 9.78 Å². The summed E-state index contributed by atoms with van der Waals surface area (Å²) < 4.78 is 6.11. The highest BCUT2D eigenvalue weighted by Gasteiger charge is 2.23. The van der Waals surface area contributed by atoms with Gasteiger partial charge in [-0.25, -0.2) is 4.68 Å². The first kappa shape index (κ1) is 11.8. The Morgan fingerprint density at radius 1 is 1.47 bits per heavy atom. The normalized spacial score (nSPS) is 16.1. The van der Waals surface area contributed by atoms with Crippen LogP contribution in [0.3, 0.4) is 0 Å². The minimum atomic E-state index is -0.267. The molecule has 0 aromatic carbocycles. The summed E-state index contributed by atoms with van der Waals surface area (Å²) in [7, 11) is 1.48. The summed E-state index contributed by atoms with van der Waals surface area (Å²) in [5.74, 6) is 0.559. The molecule has 0 aliphatic heterocycles. The zero-order valence-corrected chi connectivity index (χ0v) is 9.89. The molecule has 0 amide bonds. The molecular weight excluding hydrogens is 220 g/mol. The van der Waals surface area contributed by atoms with Gasteiger partial charge in [0.05, 0.1) is 7.11 Å². The van der Waals surface area contributed by atoms with Crippen LogP contribution in [0, 0.1) is 5.92 Å². The van der Waals surface area contributed by atoms with Gasteiger partial charge in [-0.2, -0.15) is 0 Å². The van der Waals surface area contributed by atoms with Crippen LogP contribution in [-0.2, 0) is 11.3 Å². The maximum absolute atomic E-state index is 11.9. The molecule has 1 aliphatic rings. The average Bonchev–Trinajstić information content (AvgIpc) is 2.85. The van der Waals surface area contributed by atoms with E-state index in [0.29, 0.717) is 5.88 Å². The van der Waals surface area contributed by atoms with E-state index in [9.17, 15) is 9.59 Å². The van der Waals surface area contributed by atoms with Crippen LogP contribution in [0.25, 0.3) is 0 Å². The van der Waals surface area contributed by atoms with Gasteiger partial charge >= 0.3 is 0 Å². The van der Waals surface area contributed by atoms with Gasteiger partial charge in [-0.3, -0.25) is 9.59 Å². The number of rotatable bonds is 4. The molecule has 0 N–H and O–H groups in total. The number of nitrogens with zero attached hydrogens (tertiary/aromatic N) is 2. The van der Waals surface area contributed by atoms with E-state index in [-0.39, 0.29) is 23.8 Å². The molecule has 1 aromatic heterocycles. The Morgan fingerprint density at radius 2 is 2.18 bits per heavy atom. The van der Waals surface area contributed by atoms with Crippen LogP contribution in [-0.4, -0.2) is 22.7 Å². The third-order valence-electron chi connectivity index (χ3n) is 3.17. The van der Waals surface area contributed by atoms with Crippen molar-refractivity contribution in [2.45, 2.75) is 32.2 Å². The van der Waals surface area contributed by atoms with E-state index in [1.165, 1.54) is 23.9 Å². The number of ketones is 1. The first-order valence-corrected chi connectivity index (χ1v) is 5.85. The number of hydrogen-bond acceptors (Lipinski definition) is 4. The van der Waals surface area contributed by atoms with E-state index in [1.807, 2.05) is 0 Å². The summed E-state index contributed by atoms with van der Waals surface area (Å²) >= 11 is 0. The lowest BCUT2D eigenvalue weighted by molar-refractivity contribution is -0.123. The summed E-state index contributed by atoms with van der Waals surface area (Å²) in [4.78, 5) is 23.5. The van der Waals surface area contributed by atoms with Crippen molar-refractivity contribution in [3.63, 3.8) is 0 Å². The third kappa shape index (κ3) is 2.72. The first-order chi connectivity index (χ1) is 8.20. The van der Waals surface area contributed by atoms with Crippen LogP contribution in [0.4, 0.5) is 0 Å². The van der Waals surface area contributed by atoms with E-state index in [4.69, 9.17) is 4.74 Å². The van der Waals surface area contributed by atoms with Crippen LogP contribution in [0.5, 0.6) is 5.88 Å². The van der Waals surface area contributed by atoms with E-state index in [0.717, 1.165) is 25.7 Å². The molecule has 92 valence electrons. The Balaban J connectivity index is 2.11.